The number of rotatable bonds is 4. The number of nitrogens with one attached hydrogen (secondary N) is 1. The minimum absolute atomic E-state index is 0.0262. The molecule has 29 heavy (non-hydrogen) atoms. The van der Waals surface area contributed by atoms with Crippen LogP contribution in [0.3, 0.4) is 0 Å². The van der Waals surface area contributed by atoms with Gasteiger partial charge in [-0.3, -0.25) is 19.4 Å². The molecule has 0 aliphatic carbocycles. The predicted octanol–water partition coefficient (Wildman–Crippen LogP) is 3.44. The largest absolute Gasteiger partial charge is 0.497 e. The quantitative estimate of drug-likeness (QED) is 0.695. The Morgan fingerprint density at radius 2 is 1.72 bits per heavy atom. The van der Waals surface area contributed by atoms with Crippen molar-refractivity contribution in [2.45, 2.75) is 25.4 Å². The van der Waals surface area contributed by atoms with Gasteiger partial charge in [-0.25, -0.2) is 0 Å². The summed E-state index contributed by atoms with van der Waals surface area (Å²) in [5.41, 5.74) is 3.40. The van der Waals surface area contributed by atoms with E-state index in [0.717, 1.165) is 43.7 Å². The number of amides is 2. The second-order valence-corrected chi connectivity index (χ2v) is 7.76. The number of aromatic amines is 1. The van der Waals surface area contributed by atoms with Crippen molar-refractivity contribution in [1.82, 2.24) is 14.8 Å². The van der Waals surface area contributed by atoms with Crippen molar-refractivity contribution in [2.24, 2.45) is 0 Å². The Morgan fingerprint density at radius 3 is 2.38 bits per heavy atom. The molecule has 0 bridgehead atoms. The zero-order valence-electron chi connectivity index (χ0n) is 16.4. The first-order valence-corrected chi connectivity index (χ1v) is 9.99. The summed E-state index contributed by atoms with van der Waals surface area (Å²) >= 11 is 0. The Labute approximate surface area is 169 Å². The molecular weight excluding hydrogens is 366 g/mol. The SMILES string of the molecule is COc1ccc2[nH]cc(CN3CCC(N4C(=O)c5ccccc5C4=O)CC3)c2c1. The first-order valence-electron chi connectivity index (χ1n) is 9.99. The molecule has 2 aromatic carbocycles. The summed E-state index contributed by atoms with van der Waals surface area (Å²) in [6.07, 6.45) is 3.66. The lowest BCUT2D eigenvalue weighted by atomic mass is 10.0. The zero-order chi connectivity index (χ0) is 20.0. The van der Waals surface area contributed by atoms with E-state index in [4.69, 9.17) is 4.74 Å². The maximum absolute atomic E-state index is 12.7. The highest BCUT2D eigenvalue weighted by molar-refractivity contribution is 6.21. The Kier molecular flexibility index (Phi) is 4.36. The molecule has 0 atom stereocenters. The van der Waals surface area contributed by atoms with Gasteiger partial charge in [0.1, 0.15) is 5.75 Å². The molecule has 148 valence electrons. The Morgan fingerprint density at radius 1 is 1.03 bits per heavy atom. The molecule has 1 N–H and O–H groups in total. The fourth-order valence-corrected chi connectivity index (χ4v) is 4.53. The Bertz CT molecular complexity index is 1060. The molecular formula is C23H23N3O3. The van der Waals surface area contributed by atoms with Crippen LogP contribution in [-0.2, 0) is 6.54 Å². The third-order valence-corrected chi connectivity index (χ3v) is 6.12. The molecule has 1 aromatic heterocycles. The monoisotopic (exact) mass is 389 g/mol. The average molecular weight is 389 g/mol. The second-order valence-electron chi connectivity index (χ2n) is 7.76. The lowest BCUT2D eigenvalue weighted by Crippen LogP contribution is -2.47. The van der Waals surface area contributed by atoms with Crippen molar-refractivity contribution in [1.29, 1.82) is 0 Å². The molecule has 3 heterocycles. The number of nitrogens with zero attached hydrogens (tertiary/aromatic N) is 2. The van der Waals surface area contributed by atoms with Gasteiger partial charge in [0.25, 0.3) is 11.8 Å². The lowest BCUT2D eigenvalue weighted by molar-refractivity contribution is 0.0498. The molecule has 2 aliphatic heterocycles. The van der Waals surface area contributed by atoms with Crippen molar-refractivity contribution < 1.29 is 14.3 Å². The molecule has 1 saturated heterocycles. The summed E-state index contributed by atoms with van der Waals surface area (Å²) in [4.78, 5) is 32.6. The van der Waals surface area contributed by atoms with E-state index in [9.17, 15) is 9.59 Å². The van der Waals surface area contributed by atoms with Crippen molar-refractivity contribution in [3.63, 3.8) is 0 Å². The highest BCUT2D eigenvalue weighted by atomic mass is 16.5. The van der Waals surface area contributed by atoms with Crippen LogP contribution in [-0.4, -0.2) is 52.8 Å². The summed E-state index contributed by atoms with van der Waals surface area (Å²) in [5.74, 6) is 0.559. The molecule has 0 unspecified atom stereocenters. The molecule has 2 aliphatic rings. The van der Waals surface area contributed by atoms with E-state index in [1.54, 1.807) is 19.2 Å². The minimum Gasteiger partial charge on any atom is -0.497 e. The smallest absolute Gasteiger partial charge is 0.261 e. The number of aromatic nitrogens is 1. The zero-order valence-corrected chi connectivity index (χ0v) is 16.4. The van der Waals surface area contributed by atoms with E-state index >= 15 is 0 Å². The van der Waals surface area contributed by atoms with E-state index < -0.39 is 0 Å². The van der Waals surface area contributed by atoms with Crippen molar-refractivity contribution in [3.05, 3.63) is 65.4 Å². The number of piperidine rings is 1. The van der Waals surface area contributed by atoms with Gasteiger partial charge in [-0.15, -0.1) is 0 Å². The Hall–Kier alpha value is -3.12. The van der Waals surface area contributed by atoms with Gasteiger partial charge in [-0.05, 0) is 48.7 Å². The van der Waals surface area contributed by atoms with Crippen LogP contribution in [0.25, 0.3) is 10.9 Å². The number of methoxy groups -OCH3 is 1. The first-order chi connectivity index (χ1) is 14.2. The highest BCUT2D eigenvalue weighted by Crippen LogP contribution is 2.30. The van der Waals surface area contributed by atoms with Crippen LogP contribution in [0.15, 0.2) is 48.7 Å². The fourth-order valence-electron chi connectivity index (χ4n) is 4.53. The highest BCUT2D eigenvalue weighted by Gasteiger charge is 2.40. The van der Waals surface area contributed by atoms with Gasteiger partial charge in [-0.2, -0.15) is 0 Å². The number of fused-ring (bicyclic) bond motifs is 2. The molecule has 6 heteroatoms. The number of hydrogen-bond acceptors (Lipinski definition) is 4. The third-order valence-electron chi connectivity index (χ3n) is 6.12. The van der Waals surface area contributed by atoms with Crippen LogP contribution in [0.1, 0.15) is 39.1 Å². The number of ether oxygens (including phenoxy) is 1. The maximum Gasteiger partial charge on any atom is 0.261 e. The van der Waals surface area contributed by atoms with Gasteiger partial charge in [0.15, 0.2) is 0 Å². The number of benzene rings is 2. The summed E-state index contributed by atoms with van der Waals surface area (Å²) in [5, 5.41) is 1.17. The van der Waals surface area contributed by atoms with Crippen LogP contribution in [0, 0.1) is 0 Å². The van der Waals surface area contributed by atoms with E-state index in [1.807, 2.05) is 24.3 Å². The van der Waals surface area contributed by atoms with Crippen molar-refractivity contribution >= 4 is 22.7 Å². The van der Waals surface area contributed by atoms with Gasteiger partial charge < -0.3 is 9.72 Å². The number of carbonyl (C=O) groups is 2. The standard InChI is InChI=1S/C23H23N3O3/c1-29-17-6-7-21-20(12-17)15(13-24-21)14-25-10-8-16(9-11-25)26-22(27)18-4-2-3-5-19(18)23(26)28/h2-7,12-13,16,24H,8-11,14H2,1H3. The van der Waals surface area contributed by atoms with Gasteiger partial charge in [0, 0.05) is 42.8 Å². The number of likely N-dealkylation sites (tertiary alicyclic amines) is 1. The van der Waals surface area contributed by atoms with E-state index in [-0.39, 0.29) is 17.9 Å². The third kappa shape index (κ3) is 3.00. The average Bonchev–Trinajstić information content (AvgIpc) is 3.27. The maximum atomic E-state index is 12.7. The van der Waals surface area contributed by atoms with E-state index in [1.165, 1.54) is 15.8 Å². The van der Waals surface area contributed by atoms with Crippen LogP contribution >= 0.6 is 0 Å². The fraction of sp³-hybridized carbons (Fsp3) is 0.304. The molecule has 3 aromatic rings. The summed E-state index contributed by atoms with van der Waals surface area (Å²) < 4.78 is 5.36. The molecule has 0 spiro atoms. The van der Waals surface area contributed by atoms with E-state index in [2.05, 4.69) is 22.1 Å². The molecule has 1 fully saturated rings. The number of imide groups is 1. The minimum atomic E-state index is -0.146. The summed E-state index contributed by atoms with van der Waals surface area (Å²) in [6.45, 7) is 2.55. The van der Waals surface area contributed by atoms with E-state index in [0.29, 0.717) is 11.1 Å². The van der Waals surface area contributed by atoms with Gasteiger partial charge >= 0.3 is 0 Å². The van der Waals surface area contributed by atoms with Crippen LogP contribution in [0.5, 0.6) is 5.75 Å². The van der Waals surface area contributed by atoms with Crippen LogP contribution in [0.2, 0.25) is 0 Å². The van der Waals surface area contributed by atoms with Crippen molar-refractivity contribution in [2.75, 3.05) is 20.2 Å². The second kappa shape index (κ2) is 7.04. The molecule has 5 rings (SSSR count). The normalized spacial score (nSPS) is 17.9. The van der Waals surface area contributed by atoms with Gasteiger partial charge in [-0.1, -0.05) is 12.1 Å². The van der Waals surface area contributed by atoms with Crippen LogP contribution in [0.4, 0.5) is 0 Å². The molecule has 2 amide bonds. The molecule has 0 radical (unpaired) electrons. The lowest BCUT2D eigenvalue weighted by Gasteiger charge is -2.35. The topological polar surface area (TPSA) is 65.6 Å². The predicted molar refractivity (Wildman–Crippen MR) is 110 cm³/mol. The molecule has 6 nitrogen and oxygen atoms in total. The number of hydrogen-bond donors (Lipinski definition) is 1. The first kappa shape index (κ1) is 17.9. The number of carbonyl (C=O) groups excluding carboxylic acids is 2. The summed E-state index contributed by atoms with van der Waals surface area (Å²) in [6, 6.07) is 13.1. The van der Waals surface area contributed by atoms with Crippen LogP contribution < -0.4 is 4.74 Å². The number of H-pyrrole nitrogens is 1. The molecule has 0 saturated carbocycles. The Balaban J connectivity index is 1.27. The van der Waals surface area contributed by atoms with Crippen molar-refractivity contribution in [3.8, 4) is 5.75 Å². The van der Waals surface area contributed by atoms with Gasteiger partial charge in [0.2, 0.25) is 0 Å². The van der Waals surface area contributed by atoms with Gasteiger partial charge in [0.05, 0.1) is 18.2 Å². The summed E-state index contributed by atoms with van der Waals surface area (Å²) in [7, 11) is 1.68.